The quantitative estimate of drug-likeness (QED) is 0.230. The van der Waals surface area contributed by atoms with E-state index in [0.29, 0.717) is 19.6 Å². The van der Waals surface area contributed by atoms with Crippen LogP contribution in [0.4, 0.5) is 0 Å². The van der Waals surface area contributed by atoms with Gasteiger partial charge in [-0.3, -0.25) is 9.79 Å². The van der Waals surface area contributed by atoms with Gasteiger partial charge in [0.15, 0.2) is 5.96 Å². The molecular formula is C11H24N4O2. The van der Waals surface area contributed by atoms with Crippen LogP contribution in [0.5, 0.6) is 0 Å². The van der Waals surface area contributed by atoms with E-state index in [1.54, 1.807) is 0 Å². The van der Waals surface area contributed by atoms with Gasteiger partial charge in [0.2, 0.25) is 0 Å². The number of carbonyl (C=O) groups is 1. The van der Waals surface area contributed by atoms with E-state index < -0.39 is 6.04 Å². The summed E-state index contributed by atoms with van der Waals surface area (Å²) in [7, 11) is 0. The maximum absolute atomic E-state index is 11.4. The van der Waals surface area contributed by atoms with Gasteiger partial charge in [-0.1, -0.05) is 13.3 Å². The zero-order chi connectivity index (χ0) is 13.1. The van der Waals surface area contributed by atoms with E-state index in [1.165, 1.54) is 0 Å². The van der Waals surface area contributed by atoms with Crippen LogP contribution in [0.15, 0.2) is 4.99 Å². The zero-order valence-electron chi connectivity index (χ0n) is 10.5. The molecule has 0 unspecified atom stereocenters. The molecule has 0 aliphatic heterocycles. The Morgan fingerprint density at radius 2 is 2.00 bits per heavy atom. The first-order valence-electron chi connectivity index (χ1n) is 6.05. The summed E-state index contributed by atoms with van der Waals surface area (Å²) in [4.78, 5) is 15.2. The van der Waals surface area contributed by atoms with Gasteiger partial charge >= 0.3 is 5.97 Å². The molecule has 0 radical (unpaired) electrons. The van der Waals surface area contributed by atoms with Gasteiger partial charge in [0.1, 0.15) is 6.04 Å². The van der Waals surface area contributed by atoms with Crippen LogP contribution in [0.2, 0.25) is 0 Å². The molecule has 6 heteroatoms. The molecule has 0 spiro atoms. The molecule has 0 rings (SSSR count). The Kier molecular flexibility index (Phi) is 9.14. The smallest absolute Gasteiger partial charge is 0.322 e. The van der Waals surface area contributed by atoms with Gasteiger partial charge in [0, 0.05) is 6.54 Å². The molecule has 6 N–H and O–H groups in total. The number of nitrogens with two attached hydrogens (primary N) is 3. The number of hydrogen-bond donors (Lipinski definition) is 3. The summed E-state index contributed by atoms with van der Waals surface area (Å²) >= 11 is 0. The van der Waals surface area contributed by atoms with Crippen molar-refractivity contribution in [3.05, 3.63) is 0 Å². The van der Waals surface area contributed by atoms with Crippen LogP contribution < -0.4 is 17.2 Å². The first kappa shape index (κ1) is 15.7. The molecular weight excluding hydrogens is 220 g/mol. The van der Waals surface area contributed by atoms with Crippen molar-refractivity contribution in [2.24, 2.45) is 22.2 Å². The van der Waals surface area contributed by atoms with Crippen LogP contribution in [0, 0.1) is 0 Å². The molecule has 1 atom stereocenters. The summed E-state index contributed by atoms with van der Waals surface area (Å²) < 4.78 is 5.01. The molecule has 0 fully saturated rings. The minimum atomic E-state index is -0.536. The first-order chi connectivity index (χ1) is 8.07. The lowest BCUT2D eigenvalue weighted by Crippen LogP contribution is -2.32. The van der Waals surface area contributed by atoms with Crippen LogP contribution in [-0.2, 0) is 9.53 Å². The number of aliphatic imine (C=N–C) groups is 1. The highest BCUT2D eigenvalue weighted by Crippen LogP contribution is 2.02. The Labute approximate surface area is 103 Å². The summed E-state index contributed by atoms with van der Waals surface area (Å²) in [5, 5.41) is 0. The van der Waals surface area contributed by atoms with Crippen LogP contribution in [0.25, 0.3) is 0 Å². The van der Waals surface area contributed by atoms with E-state index in [0.717, 1.165) is 25.7 Å². The molecule has 0 heterocycles. The molecule has 100 valence electrons. The molecule has 17 heavy (non-hydrogen) atoms. The first-order valence-corrected chi connectivity index (χ1v) is 6.05. The number of esters is 1. The van der Waals surface area contributed by atoms with Crippen LogP contribution in [0.3, 0.4) is 0 Å². The topological polar surface area (TPSA) is 117 Å². The molecule has 0 saturated heterocycles. The summed E-state index contributed by atoms with van der Waals surface area (Å²) in [6, 6.07) is -0.536. The summed E-state index contributed by atoms with van der Waals surface area (Å²) in [6.07, 6.45) is 4.10. The Morgan fingerprint density at radius 3 is 2.59 bits per heavy atom. The second-order valence-electron chi connectivity index (χ2n) is 3.93. The van der Waals surface area contributed by atoms with Crippen molar-refractivity contribution in [2.45, 2.75) is 45.1 Å². The largest absolute Gasteiger partial charge is 0.465 e. The Morgan fingerprint density at radius 1 is 1.29 bits per heavy atom. The van der Waals surface area contributed by atoms with Crippen molar-refractivity contribution in [1.82, 2.24) is 0 Å². The van der Waals surface area contributed by atoms with Crippen LogP contribution >= 0.6 is 0 Å². The lowest BCUT2D eigenvalue weighted by molar-refractivity contribution is -0.145. The van der Waals surface area contributed by atoms with Gasteiger partial charge in [-0.05, 0) is 25.7 Å². The third-order valence-corrected chi connectivity index (χ3v) is 2.26. The Balaban J connectivity index is 3.53. The Hall–Kier alpha value is -1.30. The molecule has 0 bridgehead atoms. The van der Waals surface area contributed by atoms with E-state index >= 15 is 0 Å². The van der Waals surface area contributed by atoms with Gasteiger partial charge in [0.25, 0.3) is 0 Å². The molecule has 0 aromatic carbocycles. The highest BCUT2D eigenvalue weighted by molar-refractivity contribution is 5.75. The van der Waals surface area contributed by atoms with Gasteiger partial charge < -0.3 is 21.9 Å². The van der Waals surface area contributed by atoms with Crippen molar-refractivity contribution in [1.29, 1.82) is 0 Å². The van der Waals surface area contributed by atoms with E-state index in [4.69, 9.17) is 21.9 Å². The fourth-order valence-corrected chi connectivity index (χ4v) is 1.23. The lowest BCUT2D eigenvalue weighted by atomic mass is 10.1. The predicted octanol–water partition coefficient (Wildman–Crippen LogP) is 0.101. The van der Waals surface area contributed by atoms with E-state index in [9.17, 15) is 4.79 Å². The van der Waals surface area contributed by atoms with Crippen molar-refractivity contribution in [3.8, 4) is 0 Å². The number of nitrogens with zero attached hydrogens (tertiary/aromatic N) is 1. The Bertz CT molecular complexity index is 240. The minimum absolute atomic E-state index is 0.0910. The van der Waals surface area contributed by atoms with E-state index in [2.05, 4.69) is 4.99 Å². The number of carbonyl (C=O) groups excluding carboxylic acids is 1. The van der Waals surface area contributed by atoms with E-state index in [-0.39, 0.29) is 11.9 Å². The number of guanidine groups is 1. The normalized spacial score (nSPS) is 11.9. The summed E-state index contributed by atoms with van der Waals surface area (Å²) in [5.41, 5.74) is 16.0. The highest BCUT2D eigenvalue weighted by Gasteiger charge is 2.13. The van der Waals surface area contributed by atoms with Crippen molar-refractivity contribution in [3.63, 3.8) is 0 Å². The average Bonchev–Trinajstić information content (AvgIpc) is 2.28. The molecule has 0 saturated carbocycles. The molecule has 0 aromatic rings. The van der Waals surface area contributed by atoms with Gasteiger partial charge in [-0.15, -0.1) is 0 Å². The standard InChI is InChI=1S/C11H24N4O2/c1-2-3-8-17-10(16)9(12)6-4-5-7-15-11(13)14/h9H,2-8,12H2,1H3,(H4,13,14,15)/t9-/m0/s1. The minimum Gasteiger partial charge on any atom is -0.465 e. The fourth-order valence-electron chi connectivity index (χ4n) is 1.23. The zero-order valence-corrected chi connectivity index (χ0v) is 10.5. The van der Waals surface area contributed by atoms with Gasteiger partial charge in [-0.25, -0.2) is 0 Å². The fraction of sp³-hybridized carbons (Fsp3) is 0.818. The predicted molar refractivity (Wildman–Crippen MR) is 68.4 cm³/mol. The number of rotatable bonds is 9. The maximum Gasteiger partial charge on any atom is 0.322 e. The monoisotopic (exact) mass is 244 g/mol. The lowest BCUT2D eigenvalue weighted by Gasteiger charge is -2.10. The highest BCUT2D eigenvalue weighted by atomic mass is 16.5. The third kappa shape index (κ3) is 9.62. The van der Waals surface area contributed by atoms with E-state index in [1.807, 2.05) is 6.92 Å². The molecule has 0 aromatic heterocycles. The molecule has 6 nitrogen and oxygen atoms in total. The van der Waals surface area contributed by atoms with Gasteiger partial charge in [-0.2, -0.15) is 0 Å². The second kappa shape index (κ2) is 9.89. The SMILES string of the molecule is CCCCOC(=O)[C@@H](N)CCCCN=C(N)N. The third-order valence-electron chi connectivity index (χ3n) is 2.26. The average molecular weight is 244 g/mol. The van der Waals surface area contributed by atoms with Crippen LogP contribution in [-0.4, -0.2) is 31.1 Å². The molecule has 0 aliphatic carbocycles. The summed E-state index contributed by atoms with van der Waals surface area (Å²) in [5.74, 6) is -0.228. The van der Waals surface area contributed by atoms with Crippen molar-refractivity contribution < 1.29 is 9.53 Å². The molecule has 0 amide bonds. The number of hydrogen-bond acceptors (Lipinski definition) is 4. The number of unbranched alkanes of at least 4 members (excludes halogenated alkanes) is 2. The van der Waals surface area contributed by atoms with Gasteiger partial charge in [0.05, 0.1) is 6.61 Å². The number of ether oxygens (including phenoxy) is 1. The molecule has 0 aliphatic rings. The van der Waals surface area contributed by atoms with Crippen LogP contribution in [0.1, 0.15) is 39.0 Å². The maximum atomic E-state index is 11.4. The summed E-state index contributed by atoms with van der Waals surface area (Å²) in [6.45, 7) is 3.06. The second-order valence-corrected chi connectivity index (χ2v) is 3.93. The van der Waals surface area contributed by atoms with Crippen molar-refractivity contribution in [2.75, 3.05) is 13.2 Å². The van der Waals surface area contributed by atoms with Crippen molar-refractivity contribution >= 4 is 11.9 Å².